The number of benzene rings is 1. The number of anilines is 2. The van der Waals surface area contributed by atoms with E-state index in [4.69, 9.17) is 16.7 Å². The van der Waals surface area contributed by atoms with E-state index in [-0.39, 0.29) is 10.7 Å². The zero-order valence-corrected chi connectivity index (χ0v) is 13.8. The van der Waals surface area contributed by atoms with Crippen LogP contribution >= 0.6 is 50.1 Å². The van der Waals surface area contributed by atoms with Gasteiger partial charge in [0.15, 0.2) is 5.69 Å². The Morgan fingerprint density at radius 3 is 2.74 bits per heavy atom. The van der Waals surface area contributed by atoms with E-state index in [0.29, 0.717) is 5.82 Å². The maximum absolute atomic E-state index is 10.9. The quantitative estimate of drug-likeness (QED) is 0.670. The Bertz CT molecular complexity index is 652. The topological polar surface area (TPSA) is 62.2 Å². The van der Waals surface area contributed by atoms with Crippen LogP contribution in [0.25, 0.3) is 0 Å². The Kier molecular flexibility index (Phi) is 4.64. The molecule has 0 unspecified atom stereocenters. The van der Waals surface area contributed by atoms with Crippen LogP contribution in [0, 0.1) is 3.57 Å². The second-order valence-corrected chi connectivity index (χ2v) is 6.01. The van der Waals surface area contributed by atoms with Gasteiger partial charge in [-0.05, 0) is 68.9 Å². The van der Waals surface area contributed by atoms with E-state index in [1.807, 2.05) is 18.2 Å². The molecule has 0 fully saturated rings. The smallest absolute Gasteiger partial charge is 0.356 e. The molecule has 2 N–H and O–H groups in total. The van der Waals surface area contributed by atoms with Crippen LogP contribution in [-0.4, -0.2) is 16.1 Å². The zero-order valence-electron chi connectivity index (χ0n) is 9.32. The third kappa shape index (κ3) is 3.58. The van der Waals surface area contributed by atoms with E-state index in [0.717, 1.165) is 13.7 Å². The molecule has 98 valence electrons. The monoisotopic (exact) mass is 452 g/mol. The second-order valence-electron chi connectivity index (χ2n) is 3.59. The van der Waals surface area contributed by atoms with E-state index in [2.05, 4.69) is 48.8 Å². The largest absolute Gasteiger partial charge is 0.476 e. The normalized spacial score (nSPS) is 10.3. The molecule has 0 radical (unpaired) electrons. The van der Waals surface area contributed by atoms with Crippen molar-refractivity contribution >= 4 is 67.6 Å². The minimum Gasteiger partial charge on any atom is -0.476 e. The van der Waals surface area contributed by atoms with Crippen LogP contribution in [0.3, 0.4) is 0 Å². The summed E-state index contributed by atoms with van der Waals surface area (Å²) in [6.45, 7) is 0. The molecule has 0 aliphatic carbocycles. The summed E-state index contributed by atoms with van der Waals surface area (Å²) in [6.07, 6.45) is 0. The van der Waals surface area contributed by atoms with Gasteiger partial charge in [0.25, 0.3) is 0 Å². The second kappa shape index (κ2) is 6.06. The lowest BCUT2D eigenvalue weighted by Gasteiger charge is -2.08. The molecule has 1 aromatic carbocycles. The first-order valence-corrected chi connectivity index (χ1v) is 7.34. The molecule has 0 aliphatic heterocycles. The average Bonchev–Trinajstić information content (AvgIpc) is 2.36. The number of hydrogen-bond donors (Lipinski definition) is 2. The Hall–Kier alpha value is -0.860. The van der Waals surface area contributed by atoms with Gasteiger partial charge in [-0.1, -0.05) is 11.6 Å². The number of rotatable bonds is 3. The summed E-state index contributed by atoms with van der Waals surface area (Å²) in [5.74, 6) is -0.729. The Labute approximate surface area is 136 Å². The summed E-state index contributed by atoms with van der Waals surface area (Å²) in [5.41, 5.74) is 0.634. The van der Waals surface area contributed by atoms with Crippen molar-refractivity contribution in [3.05, 3.63) is 49.1 Å². The fraction of sp³-hybridized carbons (Fsp3) is 0. The summed E-state index contributed by atoms with van der Waals surface area (Å²) in [5, 5.41) is 12.1. The van der Waals surface area contributed by atoms with E-state index < -0.39 is 5.97 Å². The van der Waals surface area contributed by atoms with Crippen LogP contribution in [0.1, 0.15) is 10.5 Å². The molecule has 7 heteroatoms. The number of hydrogen-bond acceptors (Lipinski definition) is 3. The maximum atomic E-state index is 10.9. The van der Waals surface area contributed by atoms with Crippen LogP contribution in [0.4, 0.5) is 11.5 Å². The lowest BCUT2D eigenvalue weighted by atomic mass is 10.3. The molecule has 4 nitrogen and oxygen atoms in total. The molecule has 2 rings (SSSR count). The first kappa shape index (κ1) is 14.5. The Morgan fingerprint density at radius 1 is 1.37 bits per heavy atom. The van der Waals surface area contributed by atoms with E-state index in [1.54, 1.807) is 6.07 Å². The number of aromatic carboxylic acids is 1. The summed E-state index contributed by atoms with van der Waals surface area (Å²) in [6, 6.07) is 8.82. The number of carbonyl (C=O) groups is 1. The molecule has 0 spiro atoms. The third-order valence-corrected chi connectivity index (χ3v) is 4.88. The highest BCUT2D eigenvalue weighted by Crippen LogP contribution is 2.25. The fourth-order valence-electron chi connectivity index (χ4n) is 1.38. The highest BCUT2D eigenvalue weighted by atomic mass is 127. The Balaban J connectivity index is 2.30. The van der Waals surface area contributed by atoms with Crippen molar-refractivity contribution < 1.29 is 9.90 Å². The molecular weight excluding hydrogens is 446 g/mol. The summed E-state index contributed by atoms with van der Waals surface area (Å²) in [7, 11) is 0. The molecule has 2 aromatic rings. The summed E-state index contributed by atoms with van der Waals surface area (Å²) < 4.78 is 2.03. The lowest BCUT2D eigenvalue weighted by molar-refractivity contribution is 0.0691. The van der Waals surface area contributed by atoms with Gasteiger partial charge in [0.05, 0.1) is 5.02 Å². The van der Waals surface area contributed by atoms with Gasteiger partial charge in [-0.2, -0.15) is 0 Å². The number of nitrogens with zero attached hydrogens (tertiary/aromatic N) is 1. The van der Waals surface area contributed by atoms with Crippen LogP contribution in [-0.2, 0) is 0 Å². The van der Waals surface area contributed by atoms with Gasteiger partial charge >= 0.3 is 5.97 Å². The molecule has 0 atom stereocenters. The van der Waals surface area contributed by atoms with E-state index in [1.165, 1.54) is 6.07 Å². The molecule has 19 heavy (non-hydrogen) atoms. The van der Waals surface area contributed by atoms with Crippen LogP contribution < -0.4 is 5.32 Å². The molecular formula is C12H7BrClIN2O2. The van der Waals surface area contributed by atoms with Crippen molar-refractivity contribution in [3.63, 3.8) is 0 Å². The van der Waals surface area contributed by atoms with E-state index >= 15 is 0 Å². The van der Waals surface area contributed by atoms with Crippen molar-refractivity contribution in [1.29, 1.82) is 0 Å². The van der Waals surface area contributed by atoms with Gasteiger partial charge in [-0.25, -0.2) is 9.78 Å². The van der Waals surface area contributed by atoms with Crippen LogP contribution in [0.2, 0.25) is 5.02 Å². The van der Waals surface area contributed by atoms with Crippen molar-refractivity contribution in [2.45, 2.75) is 0 Å². The molecule has 0 saturated heterocycles. The highest BCUT2D eigenvalue weighted by molar-refractivity contribution is 14.1. The maximum Gasteiger partial charge on any atom is 0.356 e. The average molecular weight is 453 g/mol. The predicted octanol–water partition coefficient (Wildman–Crippen LogP) is 4.54. The minimum atomic E-state index is -1.16. The highest BCUT2D eigenvalue weighted by Gasteiger charge is 2.11. The number of halogens is 3. The number of pyridine rings is 1. The number of carboxylic acid groups (broad SMARTS) is 1. The van der Waals surface area contributed by atoms with Crippen molar-refractivity contribution in [3.8, 4) is 0 Å². The SMILES string of the molecule is O=C(O)c1nc(Nc2ccc(I)c(Br)c2)ccc1Cl. The predicted molar refractivity (Wildman–Crippen MR) is 86.3 cm³/mol. The summed E-state index contributed by atoms with van der Waals surface area (Å²) >= 11 is 11.4. The number of carboxylic acids is 1. The number of nitrogens with one attached hydrogen (secondary N) is 1. The van der Waals surface area contributed by atoms with Crippen molar-refractivity contribution in [1.82, 2.24) is 4.98 Å². The van der Waals surface area contributed by atoms with Gasteiger partial charge in [0, 0.05) is 13.7 Å². The van der Waals surface area contributed by atoms with Crippen molar-refractivity contribution in [2.75, 3.05) is 5.32 Å². The van der Waals surface area contributed by atoms with Gasteiger partial charge in [0.1, 0.15) is 5.82 Å². The summed E-state index contributed by atoms with van der Waals surface area (Å²) in [4.78, 5) is 14.9. The van der Waals surface area contributed by atoms with Gasteiger partial charge in [0.2, 0.25) is 0 Å². The first-order valence-electron chi connectivity index (χ1n) is 5.09. The van der Waals surface area contributed by atoms with Crippen LogP contribution in [0.5, 0.6) is 0 Å². The Morgan fingerprint density at radius 2 is 2.11 bits per heavy atom. The first-order chi connectivity index (χ1) is 8.97. The molecule has 0 amide bonds. The zero-order chi connectivity index (χ0) is 14.0. The van der Waals surface area contributed by atoms with Crippen molar-refractivity contribution in [2.24, 2.45) is 0 Å². The van der Waals surface area contributed by atoms with E-state index in [9.17, 15) is 4.79 Å². The minimum absolute atomic E-state index is 0.113. The fourth-order valence-corrected chi connectivity index (χ4v) is 2.28. The van der Waals surface area contributed by atoms with Gasteiger partial charge < -0.3 is 10.4 Å². The molecule has 0 saturated carbocycles. The van der Waals surface area contributed by atoms with Gasteiger partial charge in [-0.15, -0.1) is 0 Å². The molecule has 1 heterocycles. The standard InChI is InChI=1S/C12H7BrClIN2O2/c13-7-5-6(1-3-9(7)15)16-10-4-2-8(14)11(17-10)12(18)19/h1-5H,(H,16,17)(H,18,19). The third-order valence-electron chi connectivity index (χ3n) is 2.24. The molecule has 0 aliphatic rings. The molecule has 1 aromatic heterocycles. The van der Waals surface area contributed by atoms with Gasteiger partial charge in [-0.3, -0.25) is 0 Å². The lowest BCUT2D eigenvalue weighted by Crippen LogP contribution is -2.04. The molecule has 0 bridgehead atoms. The van der Waals surface area contributed by atoms with Crippen LogP contribution in [0.15, 0.2) is 34.8 Å². The number of aromatic nitrogens is 1.